The molecule has 0 bridgehead atoms. The Hall–Kier alpha value is -1.63. The lowest BCUT2D eigenvalue weighted by atomic mass is 10.2. The Morgan fingerprint density at radius 1 is 1.50 bits per heavy atom. The smallest absolute Gasteiger partial charge is 0.353 e. The van der Waals surface area contributed by atoms with Gasteiger partial charge >= 0.3 is 5.97 Å². The van der Waals surface area contributed by atoms with Crippen molar-refractivity contribution < 1.29 is 24.3 Å². The molecule has 0 radical (unpaired) electrons. The Morgan fingerprint density at radius 3 is 2.89 bits per heavy atom. The highest BCUT2D eigenvalue weighted by Crippen LogP contribution is 2.28. The summed E-state index contributed by atoms with van der Waals surface area (Å²) in [5.74, 6) is -0.812. The molecule has 2 N–H and O–H groups in total. The molecule has 0 saturated heterocycles. The Labute approximate surface area is 104 Å². The molecule has 1 aliphatic heterocycles. The van der Waals surface area contributed by atoms with E-state index in [2.05, 4.69) is 10.5 Å². The molecule has 7 nitrogen and oxygen atoms in total. The number of carboxylic acid groups (broad SMARTS) is 1. The van der Waals surface area contributed by atoms with Crippen LogP contribution in [-0.4, -0.2) is 48.6 Å². The van der Waals surface area contributed by atoms with E-state index in [4.69, 9.17) is 14.7 Å². The zero-order valence-corrected chi connectivity index (χ0v) is 9.92. The van der Waals surface area contributed by atoms with Gasteiger partial charge in [-0.3, -0.25) is 4.79 Å². The highest BCUT2D eigenvalue weighted by Gasteiger charge is 2.31. The first-order chi connectivity index (χ1) is 8.66. The van der Waals surface area contributed by atoms with Crippen LogP contribution >= 0.6 is 0 Å². The SMILES string of the molecule is O=C(O)C1=NOC(C(=O)NCCOCC2CC2)C1. The van der Waals surface area contributed by atoms with Crippen molar-refractivity contribution in [2.75, 3.05) is 19.8 Å². The van der Waals surface area contributed by atoms with Crippen molar-refractivity contribution in [3.8, 4) is 0 Å². The zero-order valence-electron chi connectivity index (χ0n) is 9.92. The molecule has 1 amide bonds. The van der Waals surface area contributed by atoms with Crippen LogP contribution in [0.5, 0.6) is 0 Å². The molecule has 1 heterocycles. The topological polar surface area (TPSA) is 97.2 Å². The van der Waals surface area contributed by atoms with Gasteiger partial charge in [-0.25, -0.2) is 4.79 Å². The molecule has 1 unspecified atom stereocenters. The van der Waals surface area contributed by atoms with Gasteiger partial charge in [0.25, 0.3) is 5.91 Å². The third-order valence-electron chi connectivity index (χ3n) is 2.80. The van der Waals surface area contributed by atoms with Crippen molar-refractivity contribution in [2.45, 2.75) is 25.4 Å². The number of rotatable bonds is 7. The highest BCUT2D eigenvalue weighted by molar-refractivity contribution is 6.36. The Bertz CT molecular complexity index is 364. The van der Waals surface area contributed by atoms with Crippen molar-refractivity contribution in [3.63, 3.8) is 0 Å². The summed E-state index contributed by atoms with van der Waals surface area (Å²) in [6.07, 6.45) is 1.64. The number of nitrogens with one attached hydrogen (secondary N) is 1. The van der Waals surface area contributed by atoms with Gasteiger partial charge in [-0.1, -0.05) is 5.16 Å². The predicted octanol–water partition coefficient (Wildman–Crippen LogP) is -0.241. The predicted molar refractivity (Wildman–Crippen MR) is 61.1 cm³/mol. The maximum absolute atomic E-state index is 11.6. The van der Waals surface area contributed by atoms with Crippen LogP contribution in [0.1, 0.15) is 19.3 Å². The minimum absolute atomic E-state index is 0.00407. The second kappa shape index (κ2) is 5.81. The van der Waals surface area contributed by atoms with E-state index in [0.717, 1.165) is 6.61 Å². The number of hydrogen-bond donors (Lipinski definition) is 2. The highest BCUT2D eigenvalue weighted by atomic mass is 16.6. The molecule has 2 aliphatic rings. The summed E-state index contributed by atoms with van der Waals surface area (Å²) >= 11 is 0. The first-order valence-corrected chi connectivity index (χ1v) is 5.98. The van der Waals surface area contributed by atoms with Gasteiger partial charge < -0.3 is 20.0 Å². The van der Waals surface area contributed by atoms with Gasteiger partial charge in [0.2, 0.25) is 6.10 Å². The van der Waals surface area contributed by atoms with Gasteiger partial charge in [0.05, 0.1) is 6.61 Å². The molecule has 2 rings (SSSR count). The van der Waals surface area contributed by atoms with E-state index in [1.54, 1.807) is 0 Å². The number of amides is 1. The van der Waals surface area contributed by atoms with Crippen LogP contribution in [0.25, 0.3) is 0 Å². The van der Waals surface area contributed by atoms with Crippen molar-refractivity contribution in [2.24, 2.45) is 11.1 Å². The van der Waals surface area contributed by atoms with Crippen LogP contribution in [0.4, 0.5) is 0 Å². The van der Waals surface area contributed by atoms with E-state index in [1.807, 2.05) is 0 Å². The maximum Gasteiger partial charge on any atom is 0.353 e. The van der Waals surface area contributed by atoms with E-state index in [0.29, 0.717) is 19.1 Å². The molecular formula is C11H16N2O5. The van der Waals surface area contributed by atoms with Crippen molar-refractivity contribution in [1.29, 1.82) is 0 Å². The number of nitrogens with zero attached hydrogens (tertiary/aromatic N) is 1. The van der Waals surface area contributed by atoms with Gasteiger partial charge in [-0.05, 0) is 18.8 Å². The minimum atomic E-state index is -1.15. The van der Waals surface area contributed by atoms with Crippen LogP contribution in [0, 0.1) is 5.92 Å². The van der Waals surface area contributed by atoms with E-state index in [1.165, 1.54) is 12.8 Å². The van der Waals surface area contributed by atoms with Crippen LogP contribution < -0.4 is 5.32 Å². The number of carboxylic acids is 1. The average Bonchev–Trinajstić information content (AvgIpc) is 3.02. The van der Waals surface area contributed by atoms with Crippen LogP contribution in [0.15, 0.2) is 5.16 Å². The number of hydrogen-bond acceptors (Lipinski definition) is 5. The van der Waals surface area contributed by atoms with E-state index >= 15 is 0 Å². The average molecular weight is 256 g/mol. The van der Waals surface area contributed by atoms with E-state index < -0.39 is 12.1 Å². The standard InChI is InChI=1S/C11H16N2O5/c14-10(9-5-8(11(15)16)13-18-9)12-3-4-17-6-7-1-2-7/h7,9H,1-6H2,(H,12,14)(H,15,16). The lowest BCUT2D eigenvalue weighted by molar-refractivity contribution is -0.131. The lowest BCUT2D eigenvalue weighted by Gasteiger charge is -2.09. The fraction of sp³-hybridized carbons (Fsp3) is 0.727. The number of carbonyl (C=O) groups excluding carboxylic acids is 1. The summed E-state index contributed by atoms with van der Waals surface area (Å²) in [5.41, 5.74) is -0.125. The molecule has 18 heavy (non-hydrogen) atoms. The van der Waals surface area contributed by atoms with Gasteiger partial charge in [0.15, 0.2) is 5.71 Å². The number of oxime groups is 1. The van der Waals surface area contributed by atoms with Crippen molar-refractivity contribution in [3.05, 3.63) is 0 Å². The number of carbonyl (C=O) groups is 2. The fourth-order valence-corrected chi connectivity index (χ4v) is 1.54. The molecule has 0 aromatic carbocycles. The quantitative estimate of drug-likeness (QED) is 0.613. The fourth-order valence-electron chi connectivity index (χ4n) is 1.54. The summed E-state index contributed by atoms with van der Waals surface area (Å²) in [6, 6.07) is 0. The summed E-state index contributed by atoms with van der Waals surface area (Å²) in [4.78, 5) is 26.9. The molecule has 0 aromatic rings. The third-order valence-corrected chi connectivity index (χ3v) is 2.80. The number of ether oxygens (including phenoxy) is 1. The van der Waals surface area contributed by atoms with Gasteiger partial charge in [-0.15, -0.1) is 0 Å². The largest absolute Gasteiger partial charge is 0.477 e. The second-order valence-corrected chi connectivity index (χ2v) is 4.45. The summed E-state index contributed by atoms with van der Waals surface area (Å²) in [7, 11) is 0. The number of aliphatic carboxylic acids is 1. The molecule has 0 aromatic heterocycles. The van der Waals surface area contributed by atoms with Gasteiger partial charge in [-0.2, -0.15) is 0 Å². The normalized spacial score (nSPS) is 22.2. The van der Waals surface area contributed by atoms with Crippen LogP contribution in [-0.2, 0) is 19.2 Å². The van der Waals surface area contributed by atoms with Crippen molar-refractivity contribution in [1.82, 2.24) is 5.32 Å². The first-order valence-electron chi connectivity index (χ1n) is 5.98. The van der Waals surface area contributed by atoms with Crippen LogP contribution in [0.2, 0.25) is 0 Å². The lowest BCUT2D eigenvalue weighted by Crippen LogP contribution is -2.37. The van der Waals surface area contributed by atoms with E-state index in [9.17, 15) is 9.59 Å². The molecule has 1 saturated carbocycles. The maximum atomic E-state index is 11.6. The molecule has 1 fully saturated rings. The summed E-state index contributed by atoms with van der Waals surface area (Å²) in [6.45, 7) is 1.61. The van der Waals surface area contributed by atoms with Gasteiger partial charge in [0, 0.05) is 19.6 Å². The summed E-state index contributed by atoms with van der Waals surface area (Å²) in [5, 5.41) is 14.6. The molecule has 1 aliphatic carbocycles. The van der Waals surface area contributed by atoms with Gasteiger partial charge in [0.1, 0.15) is 0 Å². The Balaban J connectivity index is 1.56. The monoisotopic (exact) mass is 256 g/mol. The second-order valence-electron chi connectivity index (χ2n) is 4.45. The molecule has 0 spiro atoms. The Kier molecular flexibility index (Phi) is 4.14. The molecule has 7 heteroatoms. The molecule has 100 valence electrons. The first kappa shape index (κ1) is 12.8. The summed E-state index contributed by atoms with van der Waals surface area (Å²) < 4.78 is 5.35. The Morgan fingerprint density at radius 2 is 2.28 bits per heavy atom. The van der Waals surface area contributed by atoms with Crippen molar-refractivity contribution >= 4 is 17.6 Å². The zero-order chi connectivity index (χ0) is 13.0. The third kappa shape index (κ3) is 3.69. The van der Waals surface area contributed by atoms with Crippen LogP contribution in [0.3, 0.4) is 0 Å². The molecule has 1 atom stereocenters. The van der Waals surface area contributed by atoms with E-state index in [-0.39, 0.29) is 18.0 Å². The minimum Gasteiger partial charge on any atom is -0.477 e. The molecular weight excluding hydrogens is 240 g/mol.